The van der Waals surface area contributed by atoms with Crippen molar-refractivity contribution in [2.24, 2.45) is 0 Å². The highest BCUT2D eigenvalue weighted by Gasteiger charge is 2.23. The fourth-order valence-corrected chi connectivity index (χ4v) is 2.95. The Bertz CT molecular complexity index is 330. The van der Waals surface area contributed by atoms with E-state index in [1.54, 1.807) is 11.3 Å². The first-order chi connectivity index (χ1) is 7.15. The molecule has 84 valence electrons. The Hall–Kier alpha value is -0.200. The molecular formula is C9H15BrN4S. The summed E-state index contributed by atoms with van der Waals surface area (Å²) in [5.41, 5.74) is 0. The minimum atomic E-state index is 0.538. The van der Waals surface area contributed by atoms with Gasteiger partial charge in [0.05, 0.1) is 0 Å². The summed E-state index contributed by atoms with van der Waals surface area (Å²) in [5, 5.41) is 12.3. The maximum atomic E-state index is 4.05. The van der Waals surface area contributed by atoms with Gasteiger partial charge in [-0.1, -0.05) is 11.3 Å². The number of rotatable bonds is 2. The van der Waals surface area contributed by atoms with Crippen LogP contribution in [0.5, 0.6) is 0 Å². The van der Waals surface area contributed by atoms with Crippen LogP contribution in [0, 0.1) is 0 Å². The minimum Gasteiger partial charge on any atom is -0.357 e. The van der Waals surface area contributed by atoms with Gasteiger partial charge in [-0.3, -0.25) is 0 Å². The number of hydrogen-bond acceptors (Lipinski definition) is 5. The van der Waals surface area contributed by atoms with Gasteiger partial charge in [-0.05, 0) is 42.7 Å². The second-order valence-electron chi connectivity index (χ2n) is 4.06. The van der Waals surface area contributed by atoms with Crippen LogP contribution in [0.3, 0.4) is 0 Å². The number of piperidine rings is 1. The van der Waals surface area contributed by atoms with Gasteiger partial charge in [-0.2, -0.15) is 0 Å². The lowest BCUT2D eigenvalue weighted by Crippen LogP contribution is -2.42. The third-order valence-corrected chi connectivity index (χ3v) is 4.22. The summed E-state index contributed by atoms with van der Waals surface area (Å²) in [6, 6.07) is 1.18. The van der Waals surface area contributed by atoms with Crippen molar-refractivity contribution in [2.45, 2.75) is 31.8 Å². The quantitative estimate of drug-likeness (QED) is 0.907. The van der Waals surface area contributed by atoms with Gasteiger partial charge in [0.15, 0.2) is 3.92 Å². The van der Waals surface area contributed by atoms with Crippen LogP contribution in [0.25, 0.3) is 0 Å². The summed E-state index contributed by atoms with van der Waals surface area (Å²) in [6.07, 6.45) is 2.35. The van der Waals surface area contributed by atoms with E-state index in [2.05, 4.69) is 50.3 Å². The van der Waals surface area contributed by atoms with E-state index in [-0.39, 0.29) is 0 Å². The largest absolute Gasteiger partial charge is 0.357 e. The van der Waals surface area contributed by atoms with Gasteiger partial charge >= 0.3 is 0 Å². The van der Waals surface area contributed by atoms with Crippen LogP contribution in [0.1, 0.15) is 19.8 Å². The predicted molar refractivity (Wildman–Crippen MR) is 66.3 cm³/mol. The fraction of sp³-hybridized carbons (Fsp3) is 0.778. The van der Waals surface area contributed by atoms with Crippen molar-refractivity contribution < 1.29 is 0 Å². The van der Waals surface area contributed by atoms with Crippen molar-refractivity contribution >= 4 is 32.4 Å². The molecule has 2 heterocycles. The van der Waals surface area contributed by atoms with Gasteiger partial charge in [-0.15, -0.1) is 10.2 Å². The van der Waals surface area contributed by atoms with Crippen LogP contribution in [-0.2, 0) is 0 Å². The predicted octanol–water partition coefficient (Wildman–Crippen LogP) is 2.20. The Labute approximate surface area is 102 Å². The average Bonchev–Trinajstić information content (AvgIpc) is 2.58. The number of nitrogens with one attached hydrogen (secondary N) is 1. The number of hydrogen-bond donors (Lipinski definition) is 1. The molecule has 1 fully saturated rings. The second-order valence-corrected chi connectivity index (χ2v) is 6.31. The highest BCUT2D eigenvalue weighted by Crippen LogP contribution is 2.24. The molecule has 1 aliphatic heterocycles. The molecule has 0 spiro atoms. The van der Waals surface area contributed by atoms with Crippen molar-refractivity contribution in [3.8, 4) is 0 Å². The minimum absolute atomic E-state index is 0.538. The van der Waals surface area contributed by atoms with Gasteiger partial charge in [0, 0.05) is 18.6 Å². The lowest BCUT2D eigenvalue weighted by Gasteiger charge is -2.35. The lowest BCUT2D eigenvalue weighted by molar-refractivity contribution is 0.190. The molecule has 0 aliphatic carbocycles. The Kier molecular flexibility index (Phi) is 3.58. The number of likely N-dealkylation sites (tertiary alicyclic amines) is 1. The van der Waals surface area contributed by atoms with Gasteiger partial charge in [0.1, 0.15) is 0 Å². The van der Waals surface area contributed by atoms with Crippen molar-refractivity contribution in [2.75, 3.05) is 18.9 Å². The van der Waals surface area contributed by atoms with Crippen molar-refractivity contribution in [3.05, 3.63) is 3.92 Å². The van der Waals surface area contributed by atoms with E-state index in [1.807, 2.05) is 0 Å². The molecule has 1 aromatic heterocycles. The molecule has 1 saturated heterocycles. The molecule has 0 amide bonds. The monoisotopic (exact) mass is 290 g/mol. The second kappa shape index (κ2) is 4.76. The SMILES string of the molecule is CC1CC(Nc2nnc(Br)s2)CCN1C. The van der Waals surface area contributed by atoms with Gasteiger partial charge < -0.3 is 10.2 Å². The molecule has 2 unspecified atom stereocenters. The van der Waals surface area contributed by atoms with Crippen molar-refractivity contribution in [1.29, 1.82) is 0 Å². The third-order valence-electron chi connectivity index (χ3n) is 2.94. The van der Waals surface area contributed by atoms with Crippen LogP contribution in [0.15, 0.2) is 3.92 Å². The summed E-state index contributed by atoms with van der Waals surface area (Å²) in [7, 11) is 2.18. The van der Waals surface area contributed by atoms with Crippen molar-refractivity contribution in [1.82, 2.24) is 15.1 Å². The first-order valence-electron chi connectivity index (χ1n) is 5.11. The maximum absolute atomic E-state index is 4.05. The molecule has 0 aromatic carbocycles. The van der Waals surface area contributed by atoms with E-state index < -0.39 is 0 Å². The zero-order valence-corrected chi connectivity index (χ0v) is 11.3. The van der Waals surface area contributed by atoms with E-state index in [0.717, 1.165) is 15.6 Å². The first kappa shape index (κ1) is 11.3. The number of anilines is 1. The third kappa shape index (κ3) is 2.89. The molecule has 0 radical (unpaired) electrons. The Morgan fingerprint density at radius 3 is 2.93 bits per heavy atom. The van der Waals surface area contributed by atoms with Crippen LogP contribution >= 0.6 is 27.3 Å². The molecule has 15 heavy (non-hydrogen) atoms. The molecule has 0 saturated carbocycles. The zero-order chi connectivity index (χ0) is 10.8. The first-order valence-corrected chi connectivity index (χ1v) is 6.72. The van der Waals surface area contributed by atoms with Gasteiger partial charge in [0.2, 0.25) is 5.13 Å². The summed E-state index contributed by atoms with van der Waals surface area (Å²) in [5.74, 6) is 0. The highest BCUT2D eigenvalue weighted by molar-refractivity contribution is 9.11. The van der Waals surface area contributed by atoms with Crippen LogP contribution in [0.2, 0.25) is 0 Å². The smallest absolute Gasteiger partial charge is 0.206 e. The zero-order valence-electron chi connectivity index (χ0n) is 8.90. The fourth-order valence-electron chi connectivity index (χ4n) is 1.86. The van der Waals surface area contributed by atoms with Crippen LogP contribution in [-0.4, -0.2) is 40.8 Å². The molecule has 0 bridgehead atoms. The Morgan fingerprint density at radius 2 is 2.33 bits per heavy atom. The van der Waals surface area contributed by atoms with E-state index in [0.29, 0.717) is 12.1 Å². The maximum Gasteiger partial charge on any atom is 0.206 e. The Balaban J connectivity index is 1.90. The molecule has 1 N–H and O–H groups in total. The van der Waals surface area contributed by atoms with Crippen molar-refractivity contribution in [3.63, 3.8) is 0 Å². The summed E-state index contributed by atoms with van der Waals surface area (Å²) < 4.78 is 0.839. The molecular weight excluding hydrogens is 276 g/mol. The number of aromatic nitrogens is 2. The summed E-state index contributed by atoms with van der Waals surface area (Å²) in [6.45, 7) is 3.42. The van der Waals surface area contributed by atoms with Gasteiger partial charge in [-0.25, -0.2) is 0 Å². The molecule has 1 aliphatic rings. The summed E-state index contributed by atoms with van der Waals surface area (Å²) >= 11 is 4.87. The van der Waals surface area contributed by atoms with Crippen LogP contribution < -0.4 is 5.32 Å². The lowest BCUT2D eigenvalue weighted by atomic mass is 9.99. The molecule has 2 atom stereocenters. The number of nitrogens with zero attached hydrogens (tertiary/aromatic N) is 3. The molecule has 6 heteroatoms. The summed E-state index contributed by atoms with van der Waals surface area (Å²) in [4.78, 5) is 2.40. The van der Waals surface area contributed by atoms with E-state index in [9.17, 15) is 0 Å². The normalized spacial score (nSPS) is 27.9. The van der Waals surface area contributed by atoms with E-state index >= 15 is 0 Å². The molecule has 2 rings (SSSR count). The molecule has 4 nitrogen and oxygen atoms in total. The van der Waals surface area contributed by atoms with E-state index in [1.165, 1.54) is 12.8 Å². The average molecular weight is 291 g/mol. The topological polar surface area (TPSA) is 41.1 Å². The van der Waals surface area contributed by atoms with E-state index in [4.69, 9.17) is 0 Å². The number of halogens is 1. The van der Waals surface area contributed by atoms with Gasteiger partial charge in [0.25, 0.3) is 0 Å². The highest BCUT2D eigenvalue weighted by atomic mass is 79.9. The Morgan fingerprint density at radius 1 is 1.53 bits per heavy atom. The standard InChI is InChI=1S/C9H15BrN4S/c1-6-5-7(3-4-14(6)2)11-9-13-12-8(10)15-9/h6-7H,3-5H2,1-2H3,(H,11,13). The van der Waals surface area contributed by atoms with Crippen LogP contribution in [0.4, 0.5) is 5.13 Å². The molecule has 1 aromatic rings.